The number of rotatable bonds is 16. The Balaban J connectivity index is 0.000000228. The molecule has 13 nitrogen and oxygen atoms in total. The molecule has 0 saturated heterocycles. The van der Waals surface area contributed by atoms with Crippen LogP contribution < -0.4 is 10.6 Å². The van der Waals surface area contributed by atoms with Gasteiger partial charge in [-0.25, -0.2) is 9.97 Å². The number of oxazole rings is 2. The van der Waals surface area contributed by atoms with E-state index in [4.69, 9.17) is 32.0 Å². The SMILES string of the molecule is C=C(C)c1ncc(C(=O)N[C@@H](CC(=O)O)Cc2ccc(-c3cccc(Cl)c3)cc2)o1.CC(=O)c1ncc(C(=O)N[C@@H](CC(=O)O)Cc2ccc(-c3cccc(Cl)c3)cc2)o1. The Hall–Kier alpha value is -6.83. The summed E-state index contributed by atoms with van der Waals surface area (Å²) in [7, 11) is 0. The van der Waals surface area contributed by atoms with Gasteiger partial charge in [-0.15, -0.1) is 0 Å². The normalized spacial score (nSPS) is 11.7. The van der Waals surface area contributed by atoms with Gasteiger partial charge in [0.2, 0.25) is 23.2 Å². The lowest BCUT2D eigenvalue weighted by Crippen LogP contribution is -2.38. The lowest BCUT2D eigenvalue weighted by Gasteiger charge is -2.16. The summed E-state index contributed by atoms with van der Waals surface area (Å²) in [6, 6.07) is 29.0. The molecule has 15 heteroatoms. The summed E-state index contributed by atoms with van der Waals surface area (Å²) in [6.45, 7) is 6.70. The molecule has 0 fully saturated rings. The number of carbonyl (C=O) groups excluding carboxylic acids is 3. The number of aliphatic carboxylic acids is 2. The van der Waals surface area contributed by atoms with Crippen LogP contribution >= 0.6 is 23.2 Å². The fraction of sp³-hybridized carbons (Fsp3) is 0.178. The number of nitrogens with zero attached hydrogens (tertiary/aromatic N) is 2. The molecule has 60 heavy (non-hydrogen) atoms. The number of ketones is 1. The quantitative estimate of drug-likeness (QED) is 0.0678. The second kappa shape index (κ2) is 20.7. The van der Waals surface area contributed by atoms with Crippen molar-refractivity contribution in [1.29, 1.82) is 0 Å². The van der Waals surface area contributed by atoms with E-state index in [-0.39, 0.29) is 36.1 Å². The Bertz CT molecular complexity index is 2320. The highest BCUT2D eigenvalue weighted by molar-refractivity contribution is 6.31. The van der Waals surface area contributed by atoms with E-state index in [1.807, 2.05) is 91.0 Å². The van der Waals surface area contributed by atoms with Gasteiger partial charge in [-0.05, 0) is 77.4 Å². The van der Waals surface area contributed by atoms with Crippen molar-refractivity contribution >= 4 is 58.3 Å². The molecule has 0 spiro atoms. The van der Waals surface area contributed by atoms with Crippen LogP contribution in [0.5, 0.6) is 0 Å². The number of halogens is 2. The van der Waals surface area contributed by atoms with E-state index in [9.17, 15) is 34.2 Å². The molecule has 4 aromatic carbocycles. The molecule has 6 aromatic rings. The second-order valence-electron chi connectivity index (χ2n) is 13.8. The van der Waals surface area contributed by atoms with Crippen LogP contribution in [0.25, 0.3) is 27.8 Å². The molecule has 0 aliphatic heterocycles. The zero-order chi connectivity index (χ0) is 43.3. The number of amides is 2. The molecule has 2 atom stereocenters. The number of allylic oxidation sites excluding steroid dienone is 1. The molecule has 2 aromatic heterocycles. The first-order chi connectivity index (χ1) is 28.6. The largest absolute Gasteiger partial charge is 0.481 e. The minimum absolute atomic E-state index is 0.0136. The summed E-state index contributed by atoms with van der Waals surface area (Å²) in [6.07, 6.45) is 2.62. The van der Waals surface area contributed by atoms with Crippen LogP contribution in [0.3, 0.4) is 0 Å². The third-order valence-corrected chi connectivity index (χ3v) is 9.30. The van der Waals surface area contributed by atoms with Gasteiger partial charge in [-0.2, -0.15) is 0 Å². The van der Waals surface area contributed by atoms with Gasteiger partial charge in [0.15, 0.2) is 0 Å². The Kier molecular flexibility index (Phi) is 15.3. The van der Waals surface area contributed by atoms with Crippen LogP contribution in [0.15, 0.2) is 125 Å². The van der Waals surface area contributed by atoms with Gasteiger partial charge in [-0.3, -0.25) is 24.0 Å². The summed E-state index contributed by atoms with van der Waals surface area (Å²) in [5.41, 5.74) is 6.27. The number of hydrogen-bond acceptors (Lipinski definition) is 9. The molecular formula is C45H40Cl2N4O9. The standard InChI is InChI=1S/C23H21ClN2O4.C22H19ClN2O5/c1-14(2)23-25-13-20(30-23)22(29)26-19(12-21(27)28)10-15-6-8-16(9-7-15)17-4-3-5-18(24)11-17;1-13(26)22-24-12-19(30-22)21(29)25-18(11-20(27)28)9-14-5-7-15(8-6-14)16-3-2-4-17(23)10-16/h3-9,11,13,19H,1,10,12H2,2H3,(H,26,29)(H,27,28);2-8,10,12,18H,9,11H2,1H3,(H,25,29)(H,27,28)/t19-;18-/m11/s1. The number of hydrogen-bond donors (Lipinski definition) is 4. The van der Waals surface area contributed by atoms with Crippen LogP contribution in [0.4, 0.5) is 0 Å². The van der Waals surface area contributed by atoms with Gasteiger partial charge in [0.1, 0.15) is 0 Å². The van der Waals surface area contributed by atoms with Crippen LogP contribution in [0, 0.1) is 0 Å². The minimum Gasteiger partial charge on any atom is -0.481 e. The number of Topliss-reactive ketones (excluding diaryl/α,β-unsaturated/α-hetero) is 1. The number of carboxylic acid groups (broad SMARTS) is 2. The molecule has 0 saturated carbocycles. The molecule has 0 bridgehead atoms. The lowest BCUT2D eigenvalue weighted by molar-refractivity contribution is -0.138. The lowest BCUT2D eigenvalue weighted by atomic mass is 9.99. The summed E-state index contributed by atoms with van der Waals surface area (Å²) in [4.78, 5) is 66.3. The van der Waals surface area contributed by atoms with E-state index >= 15 is 0 Å². The first-order valence-electron chi connectivity index (χ1n) is 18.5. The molecular weight excluding hydrogens is 811 g/mol. The van der Waals surface area contributed by atoms with E-state index in [2.05, 4.69) is 27.2 Å². The van der Waals surface area contributed by atoms with E-state index in [1.54, 1.807) is 13.0 Å². The molecule has 308 valence electrons. The van der Waals surface area contributed by atoms with Crippen molar-refractivity contribution in [2.45, 2.75) is 51.6 Å². The van der Waals surface area contributed by atoms with Gasteiger partial charge in [0.25, 0.3) is 17.7 Å². The van der Waals surface area contributed by atoms with Crippen molar-refractivity contribution in [2.24, 2.45) is 0 Å². The molecule has 2 heterocycles. The molecule has 2 amide bonds. The van der Waals surface area contributed by atoms with Gasteiger partial charge >= 0.3 is 11.9 Å². The predicted molar refractivity (Wildman–Crippen MR) is 226 cm³/mol. The molecule has 0 aliphatic carbocycles. The molecule has 6 rings (SSSR count). The highest BCUT2D eigenvalue weighted by atomic mass is 35.5. The fourth-order valence-electron chi connectivity index (χ4n) is 5.97. The van der Waals surface area contributed by atoms with Crippen molar-refractivity contribution in [2.75, 3.05) is 0 Å². The minimum atomic E-state index is -1.04. The van der Waals surface area contributed by atoms with E-state index in [0.717, 1.165) is 39.6 Å². The molecule has 0 aliphatic rings. The van der Waals surface area contributed by atoms with E-state index in [0.29, 0.717) is 28.5 Å². The zero-order valence-electron chi connectivity index (χ0n) is 32.5. The average Bonchev–Trinajstić information content (AvgIpc) is 3.91. The van der Waals surface area contributed by atoms with Crippen LogP contribution in [0.2, 0.25) is 10.0 Å². The Morgan fingerprint density at radius 2 is 1.02 bits per heavy atom. The maximum Gasteiger partial charge on any atom is 0.305 e. The maximum absolute atomic E-state index is 12.5. The van der Waals surface area contributed by atoms with Crippen molar-refractivity contribution in [3.63, 3.8) is 0 Å². The summed E-state index contributed by atoms with van der Waals surface area (Å²) >= 11 is 12.1. The van der Waals surface area contributed by atoms with Gasteiger partial charge in [-0.1, -0.05) is 103 Å². The Morgan fingerprint density at radius 1 is 0.617 bits per heavy atom. The zero-order valence-corrected chi connectivity index (χ0v) is 34.0. The molecule has 0 radical (unpaired) electrons. The second-order valence-corrected chi connectivity index (χ2v) is 14.6. The smallest absolute Gasteiger partial charge is 0.305 e. The van der Waals surface area contributed by atoms with Crippen molar-refractivity contribution in [1.82, 2.24) is 20.6 Å². The summed E-state index contributed by atoms with van der Waals surface area (Å²) in [5.74, 6) is -3.64. The number of carbonyl (C=O) groups is 5. The van der Waals surface area contributed by atoms with Crippen molar-refractivity contribution in [3.05, 3.63) is 161 Å². The average molecular weight is 852 g/mol. The van der Waals surface area contributed by atoms with Crippen molar-refractivity contribution < 1.29 is 43.0 Å². The first-order valence-corrected chi connectivity index (χ1v) is 19.2. The highest BCUT2D eigenvalue weighted by Gasteiger charge is 2.22. The van der Waals surface area contributed by atoms with Crippen molar-refractivity contribution in [3.8, 4) is 22.3 Å². The number of aromatic nitrogens is 2. The van der Waals surface area contributed by atoms with E-state index in [1.165, 1.54) is 13.1 Å². The van der Waals surface area contributed by atoms with Gasteiger partial charge in [0, 0.05) is 34.6 Å². The number of benzene rings is 4. The summed E-state index contributed by atoms with van der Waals surface area (Å²) in [5, 5.41) is 25.1. The Morgan fingerprint density at radius 3 is 1.35 bits per heavy atom. The summed E-state index contributed by atoms with van der Waals surface area (Å²) < 4.78 is 10.5. The third-order valence-electron chi connectivity index (χ3n) is 8.83. The van der Waals surface area contributed by atoms with E-state index < -0.39 is 41.6 Å². The monoisotopic (exact) mass is 850 g/mol. The number of nitrogens with one attached hydrogen (secondary N) is 2. The Labute approximate surface area is 355 Å². The third kappa shape index (κ3) is 13.1. The van der Waals surface area contributed by atoms with Crippen LogP contribution in [0.1, 0.15) is 75.5 Å². The predicted octanol–water partition coefficient (Wildman–Crippen LogP) is 8.86. The van der Waals surface area contributed by atoms with Crippen LogP contribution in [-0.2, 0) is 22.4 Å². The topological polar surface area (TPSA) is 202 Å². The van der Waals surface area contributed by atoms with Crippen LogP contribution in [-0.4, -0.2) is 61.8 Å². The number of carboxylic acids is 2. The van der Waals surface area contributed by atoms with Gasteiger partial charge < -0.3 is 29.7 Å². The fourth-order valence-corrected chi connectivity index (χ4v) is 6.35. The molecule has 0 unspecified atom stereocenters. The first kappa shape index (κ1) is 44.3. The van der Waals surface area contributed by atoms with Gasteiger partial charge in [0.05, 0.1) is 25.2 Å². The maximum atomic E-state index is 12.5. The highest BCUT2D eigenvalue weighted by Crippen LogP contribution is 2.25. The molecule has 4 N–H and O–H groups in total.